The fraction of sp³-hybridized carbons (Fsp3) is 0.561. The average Bonchev–Trinajstić information content (AvgIpc) is 3.14. The minimum atomic E-state index is -1.29. The van der Waals surface area contributed by atoms with Gasteiger partial charge in [0.15, 0.2) is 0 Å². The van der Waals surface area contributed by atoms with E-state index in [1.54, 1.807) is 12.1 Å². The lowest BCUT2D eigenvalue weighted by atomic mass is 9.90. The molecule has 2 aromatic carbocycles. The van der Waals surface area contributed by atoms with Crippen molar-refractivity contribution in [3.63, 3.8) is 0 Å². The van der Waals surface area contributed by atoms with Gasteiger partial charge in [-0.05, 0) is 67.5 Å². The second kappa shape index (κ2) is 26.2. The summed E-state index contributed by atoms with van der Waals surface area (Å²) in [6.45, 7) is 4.67. The third-order valence-electron chi connectivity index (χ3n) is 9.33. The zero-order valence-electron chi connectivity index (χ0n) is 32.4. The van der Waals surface area contributed by atoms with Crippen molar-refractivity contribution in [3.8, 4) is 11.1 Å². The molecule has 55 heavy (non-hydrogen) atoms. The molecule has 4 atom stereocenters. The van der Waals surface area contributed by atoms with Crippen LogP contribution in [0.15, 0.2) is 48.5 Å². The summed E-state index contributed by atoms with van der Waals surface area (Å²) >= 11 is 0. The zero-order chi connectivity index (χ0) is 40.6. The van der Waals surface area contributed by atoms with E-state index in [1.165, 1.54) is 39.0 Å². The van der Waals surface area contributed by atoms with Crippen LogP contribution in [0.4, 0.5) is 5.69 Å². The highest BCUT2D eigenvalue weighted by Crippen LogP contribution is 2.24. The Morgan fingerprint density at radius 1 is 0.745 bits per heavy atom. The number of carbonyl (C=O) groups excluding carboxylic acids is 4. The predicted octanol–water partition coefficient (Wildman–Crippen LogP) is 4.15. The predicted molar refractivity (Wildman–Crippen MR) is 213 cm³/mol. The Morgan fingerprint density at radius 2 is 1.38 bits per heavy atom. The molecule has 0 bridgehead atoms. The van der Waals surface area contributed by atoms with Gasteiger partial charge in [-0.1, -0.05) is 81.8 Å². The number of anilines is 1. The molecule has 0 unspecified atom stereocenters. The quantitative estimate of drug-likeness (QED) is 0.0547. The molecule has 2 rings (SSSR count). The van der Waals surface area contributed by atoms with Crippen LogP contribution in [0.5, 0.6) is 0 Å². The maximum absolute atomic E-state index is 13.5. The first kappa shape index (κ1) is 46.5. The van der Waals surface area contributed by atoms with Crippen LogP contribution in [0.3, 0.4) is 0 Å². The molecule has 0 aliphatic rings. The number of unbranched alkanes of at least 4 members (excludes halogenated alkanes) is 5. The van der Waals surface area contributed by atoms with Crippen molar-refractivity contribution >= 4 is 41.1 Å². The third kappa shape index (κ3) is 20.0. The van der Waals surface area contributed by atoms with E-state index in [1.807, 2.05) is 36.4 Å². The number of benzene rings is 2. The normalized spacial score (nSPS) is 13.2. The van der Waals surface area contributed by atoms with Crippen molar-refractivity contribution < 1.29 is 39.0 Å². The Morgan fingerprint density at radius 3 is 2.00 bits per heavy atom. The SMILES string of the molecule is CCCCCCCC[C@H](N)CNCC[C@H](N)C(=O)C[C@H](Cc1ccc(-c2ccc(NC(C)=O)cc2)cc1)C(=O)NCC[C@@H](NC(=O)CCCC(=O)O)C(=O)O. The van der Waals surface area contributed by atoms with E-state index in [9.17, 15) is 33.9 Å². The molecule has 3 amide bonds. The number of nitrogens with one attached hydrogen (secondary N) is 4. The van der Waals surface area contributed by atoms with Crippen LogP contribution in [0.1, 0.15) is 103 Å². The van der Waals surface area contributed by atoms with Gasteiger partial charge in [-0.2, -0.15) is 0 Å². The summed E-state index contributed by atoms with van der Waals surface area (Å²) < 4.78 is 0. The summed E-state index contributed by atoms with van der Waals surface area (Å²) in [6.07, 6.45) is 8.21. The standard InChI is InChI=1S/C41H62N6O8/c1-3-4-5-6-7-8-10-33(42)27-44-23-21-35(43)37(49)26-32(40(53)45-24-22-36(41(54)55)47-38(50)11-9-12-39(51)52)25-29-13-15-30(16-14-29)31-17-19-34(20-18-31)46-28(2)48/h13-20,32-33,35-36,44H,3-12,21-27,42-43H2,1-2H3,(H,45,53)(H,46,48)(H,47,50)(H,51,52)(H,54,55)/t32-,33-,35-,36+/m0/s1. The van der Waals surface area contributed by atoms with Gasteiger partial charge in [0.1, 0.15) is 11.8 Å². The maximum Gasteiger partial charge on any atom is 0.326 e. The maximum atomic E-state index is 13.5. The number of carboxylic acid groups (broad SMARTS) is 2. The first-order valence-electron chi connectivity index (χ1n) is 19.5. The molecule has 14 heteroatoms. The van der Waals surface area contributed by atoms with Gasteiger partial charge in [-0.15, -0.1) is 0 Å². The molecule has 0 fully saturated rings. The van der Waals surface area contributed by atoms with Gasteiger partial charge in [0, 0.05) is 56.9 Å². The highest BCUT2D eigenvalue weighted by Gasteiger charge is 2.26. The van der Waals surface area contributed by atoms with Crippen LogP contribution in [-0.4, -0.2) is 83.4 Å². The van der Waals surface area contributed by atoms with Gasteiger partial charge in [0.05, 0.1) is 6.04 Å². The lowest BCUT2D eigenvalue weighted by molar-refractivity contribution is -0.142. The molecule has 304 valence electrons. The van der Waals surface area contributed by atoms with Crippen LogP contribution in [0.25, 0.3) is 11.1 Å². The van der Waals surface area contributed by atoms with E-state index in [0.29, 0.717) is 25.2 Å². The van der Waals surface area contributed by atoms with Crippen molar-refractivity contribution in [2.45, 2.75) is 122 Å². The molecule has 0 saturated heterocycles. The summed E-state index contributed by atoms with van der Waals surface area (Å²) in [6, 6.07) is 12.9. The first-order chi connectivity index (χ1) is 26.3. The molecule has 0 heterocycles. The zero-order valence-corrected chi connectivity index (χ0v) is 32.4. The second-order valence-corrected chi connectivity index (χ2v) is 14.2. The lowest BCUT2D eigenvalue weighted by Gasteiger charge is -2.20. The van der Waals surface area contributed by atoms with Gasteiger partial charge in [0.25, 0.3) is 0 Å². The fourth-order valence-electron chi connectivity index (χ4n) is 6.12. The fourth-order valence-corrected chi connectivity index (χ4v) is 6.12. The first-order valence-corrected chi connectivity index (χ1v) is 19.5. The Bertz CT molecular complexity index is 1500. The summed E-state index contributed by atoms with van der Waals surface area (Å²) in [5, 5.41) is 29.5. The molecule has 0 radical (unpaired) electrons. The Kier molecular flexibility index (Phi) is 22.1. The number of carboxylic acids is 2. The van der Waals surface area contributed by atoms with Crippen molar-refractivity contribution in [3.05, 3.63) is 54.1 Å². The third-order valence-corrected chi connectivity index (χ3v) is 9.33. The lowest BCUT2D eigenvalue weighted by Crippen LogP contribution is -2.44. The molecule has 0 aliphatic heterocycles. The highest BCUT2D eigenvalue weighted by atomic mass is 16.4. The van der Waals surface area contributed by atoms with E-state index in [0.717, 1.165) is 29.5 Å². The van der Waals surface area contributed by atoms with Crippen molar-refractivity contribution in [2.75, 3.05) is 25.0 Å². The van der Waals surface area contributed by atoms with Gasteiger partial charge >= 0.3 is 11.9 Å². The minimum Gasteiger partial charge on any atom is -0.481 e. The number of Topliss-reactive ketones (excluding diaryl/α,β-unsaturated/α-hetero) is 1. The Balaban J connectivity index is 2.02. The van der Waals surface area contributed by atoms with Gasteiger partial charge in [0.2, 0.25) is 17.7 Å². The summed E-state index contributed by atoms with van der Waals surface area (Å²) in [5.74, 6) is -4.63. The van der Waals surface area contributed by atoms with E-state index in [4.69, 9.17) is 16.6 Å². The molecule has 0 aliphatic carbocycles. The number of aliphatic carboxylic acids is 2. The number of nitrogens with two attached hydrogens (primary N) is 2. The van der Waals surface area contributed by atoms with Crippen molar-refractivity contribution in [2.24, 2.45) is 17.4 Å². The molecule has 14 nitrogen and oxygen atoms in total. The Hall–Kier alpha value is -4.66. The molecule has 0 spiro atoms. The summed E-state index contributed by atoms with van der Waals surface area (Å²) in [5.41, 5.74) is 15.9. The Labute approximate surface area is 325 Å². The largest absolute Gasteiger partial charge is 0.481 e. The van der Waals surface area contributed by atoms with Crippen LogP contribution >= 0.6 is 0 Å². The number of carbonyl (C=O) groups is 6. The van der Waals surface area contributed by atoms with Crippen molar-refractivity contribution in [1.82, 2.24) is 16.0 Å². The monoisotopic (exact) mass is 766 g/mol. The molecule has 0 aromatic heterocycles. The molecule has 10 N–H and O–H groups in total. The van der Waals surface area contributed by atoms with Crippen molar-refractivity contribution in [1.29, 1.82) is 0 Å². The van der Waals surface area contributed by atoms with Crippen LogP contribution in [0, 0.1) is 5.92 Å². The van der Waals surface area contributed by atoms with E-state index in [2.05, 4.69) is 28.2 Å². The topological polar surface area (TPSA) is 243 Å². The average molecular weight is 767 g/mol. The number of amides is 3. The number of hydrogen-bond acceptors (Lipinski definition) is 9. The minimum absolute atomic E-state index is 0.0200. The molecular weight excluding hydrogens is 704 g/mol. The number of hydrogen-bond donors (Lipinski definition) is 8. The number of ketones is 1. The second-order valence-electron chi connectivity index (χ2n) is 14.2. The van der Waals surface area contributed by atoms with Gasteiger partial charge in [-0.3, -0.25) is 24.0 Å². The van der Waals surface area contributed by atoms with Crippen LogP contribution in [0.2, 0.25) is 0 Å². The smallest absolute Gasteiger partial charge is 0.326 e. The number of rotatable bonds is 29. The van der Waals surface area contributed by atoms with E-state index in [-0.39, 0.29) is 62.8 Å². The van der Waals surface area contributed by atoms with Gasteiger partial charge in [-0.25, -0.2) is 4.79 Å². The highest BCUT2D eigenvalue weighted by molar-refractivity contribution is 5.90. The van der Waals surface area contributed by atoms with Crippen LogP contribution in [-0.2, 0) is 35.2 Å². The van der Waals surface area contributed by atoms with Crippen LogP contribution < -0.4 is 32.7 Å². The molecular formula is C41H62N6O8. The van der Waals surface area contributed by atoms with E-state index >= 15 is 0 Å². The van der Waals surface area contributed by atoms with Gasteiger partial charge < -0.3 is 42.9 Å². The summed E-state index contributed by atoms with van der Waals surface area (Å²) in [4.78, 5) is 72.9. The summed E-state index contributed by atoms with van der Waals surface area (Å²) in [7, 11) is 0. The van der Waals surface area contributed by atoms with E-state index < -0.39 is 41.8 Å². The molecule has 0 saturated carbocycles. The molecule has 2 aromatic rings.